The summed E-state index contributed by atoms with van der Waals surface area (Å²) in [6, 6.07) is 6.86. The highest BCUT2D eigenvalue weighted by Crippen LogP contribution is 2.23. The van der Waals surface area contributed by atoms with Gasteiger partial charge in [0, 0.05) is 42.9 Å². The first kappa shape index (κ1) is 15.3. The molecule has 2 rings (SSSR count). The van der Waals surface area contributed by atoms with Crippen molar-refractivity contribution in [2.75, 3.05) is 18.0 Å². The lowest BCUT2D eigenvalue weighted by Crippen LogP contribution is -2.45. The third-order valence-corrected chi connectivity index (χ3v) is 3.79. The number of amides is 1. The number of hydrogen-bond donors (Lipinski definition) is 1. The molecule has 1 fully saturated rings. The Bertz CT molecular complexity index is 505. The molecule has 1 aromatic carbocycles. The van der Waals surface area contributed by atoms with Crippen LogP contribution in [0.15, 0.2) is 24.3 Å². The van der Waals surface area contributed by atoms with Gasteiger partial charge >= 0.3 is 0 Å². The van der Waals surface area contributed by atoms with Crippen LogP contribution in [0.3, 0.4) is 0 Å². The average Bonchev–Trinajstić information content (AvgIpc) is 2.48. The smallest absolute Gasteiger partial charge is 0.269 e. The van der Waals surface area contributed by atoms with Crippen LogP contribution >= 0.6 is 0 Å². The zero-order valence-electron chi connectivity index (χ0n) is 12.4. The monoisotopic (exact) mass is 291 g/mol. The third kappa shape index (κ3) is 3.93. The molecule has 1 saturated heterocycles. The Hall–Kier alpha value is -2.11. The second-order valence-electron chi connectivity index (χ2n) is 5.70. The maximum absolute atomic E-state index is 11.7. The van der Waals surface area contributed by atoms with Gasteiger partial charge in [0.1, 0.15) is 0 Å². The summed E-state index contributed by atoms with van der Waals surface area (Å²) < 4.78 is 0. The Balaban J connectivity index is 1.89. The van der Waals surface area contributed by atoms with Crippen molar-refractivity contribution in [1.82, 2.24) is 5.32 Å². The van der Waals surface area contributed by atoms with Gasteiger partial charge in [-0.25, -0.2) is 0 Å². The number of benzene rings is 1. The number of nitro benzene ring substituents is 1. The highest BCUT2D eigenvalue weighted by Gasteiger charge is 2.22. The third-order valence-electron chi connectivity index (χ3n) is 3.79. The van der Waals surface area contributed by atoms with E-state index in [4.69, 9.17) is 0 Å². The van der Waals surface area contributed by atoms with Gasteiger partial charge in [0.2, 0.25) is 5.91 Å². The van der Waals surface area contributed by atoms with Gasteiger partial charge in [-0.3, -0.25) is 14.9 Å². The number of carbonyl (C=O) groups is 1. The summed E-state index contributed by atoms with van der Waals surface area (Å²) in [6.07, 6.45) is 1.80. The number of carbonyl (C=O) groups excluding carboxylic acids is 1. The first-order chi connectivity index (χ1) is 9.97. The van der Waals surface area contributed by atoms with Crippen molar-refractivity contribution in [3.8, 4) is 0 Å². The Morgan fingerprint density at radius 1 is 1.29 bits per heavy atom. The van der Waals surface area contributed by atoms with Crippen LogP contribution in [-0.4, -0.2) is 30.0 Å². The van der Waals surface area contributed by atoms with Crippen molar-refractivity contribution >= 4 is 17.3 Å². The molecule has 1 amide bonds. The van der Waals surface area contributed by atoms with Crippen molar-refractivity contribution in [1.29, 1.82) is 0 Å². The lowest BCUT2D eigenvalue weighted by atomic mass is 10.0. The Morgan fingerprint density at radius 3 is 2.33 bits per heavy atom. The summed E-state index contributed by atoms with van der Waals surface area (Å²) in [4.78, 5) is 24.1. The maximum Gasteiger partial charge on any atom is 0.269 e. The Kier molecular flexibility index (Phi) is 4.77. The molecule has 21 heavy (non-hydrogen) atoms. The highest BCUT2D eigenvalue weighted by molar-refractivity contribution is 5.78. The minimum atomic E-state index is -0.391. The van der Waals surface area contributed by atoms with E-state index in [-0.39, 0.29) is 23.6 Å². The summed E-state index contributed by atoms with van der Waals surface area (Å²) in [5.41, 5.74) is 1.10. The van der Waals surface area contributed by atoms with E-state index in [1.807, 2.05) is 13.8 Å². The number of nitrogens with one attached hydrogen (secondary N) is 1. The molecule has 1 aliphatic rings. The predicted molar refractivity (Wildman–Crippen MR) is 81.3 cm³/mol. The van der Waals surface area contributed by atoms with E-state index < -0.39 is 4.92 Å². The number of non-ortho nitro benzene ring substituents is 1. The fourth-order valence-corrected chi connectivity index (χ4v) is 2.44. The quantitative estimate of drug-likeness (QED) is 0.682. The summed E-state index contributed by atoms with van der Waals surface area (Å²) in [5, 5.41) is 13.7. The maximum atomic E-state index is 11.7. The molecule has 114 valence electrons. The van der Waals surface area contributed by atoms with Crippen LogP contribution < -0.4 is 10.2 Å². The molecule has 0 atom stereocenters. The van der Waals surface area contributed by atoms with Crippen LogP contribution in [0.25, 0.3) is 0 Å². The fourth-order valence-electron chi connectivity index (χ4n) is 2.44. The summed E-state index contributed by atoms with van der Waals surface area (Å²) in [7, 11) is 0. The first-order valence-corrected chi connectivity index (χ1v) is 7.27. The second kappa shape index (κ2) is 6.56. The average molecular weight is 291 g/mol. The van der Waals surface area contributed by atoms with Gasteiger partial charge in [0.15, 0.2) is 0 Å². The first-order valence-electron chi connectivity index (χ1n) is 7.27. The summed E-state index contributed by atoms with van der Waals surface area (Å²) in [5.74, 6) is 0.112. The zero-order chi connectivity index (χ0) is 15.4. The lowest BCUT2D eigenvalue weighted by Gasteiger charge is -2.34. The molecule has 0 spiro atoms. The molecule has 0 radical (unpaired) electrons. The molecule has 0 aromatic heterocycles. The zero-order valence-corrected chi connectivity index (χ0v) is 12.4. The number of anilines is 1. The Labute approximate surface area is 124 Å². The van der Waals surface area contributed by atoms with Crippen LogP contribution in [0.2, 0.25) is 0 Å². The normalized spacial score (nSPS) is 16.0. The topological polar surface area (TPSA) is 75.5 Å². The summed E-state index contributed by atoms with van der Waals surface area (Å²) >= 11 is 0. The molecule has 0 saturated carbocycles. The molecular weight excluding hydrogens is 270 g/mol. The number of rotatable bonds is 4. The fraction of sp³-hybridized carbons (Fsp3) is 0.533. The van der Waals surface area contributed by atoms with E-state index in [1.165, 1.54) is 12.1 Å². The van der Waals surface area contributed by atoms with E-state index in [2.05, 4.69) is 10.2 Å². The van der Waals surface area contributed by atoms with Gasteiger partial charge < -0.3 is 10.2 Å². The number of nitro groups is 1. The largest absolute Gasteiger partial charge is 0.371 e. The molecule has 0 unspecified atom stereocenters. The second-order valence-corrected chi connectivity index (χ2v) is 5.70. The van der Waals surface area contributed by atoms with Crippen molar-refractivity contribution in [3.05, 3.63) is 34.4 Å². The van der Waals surface area contributed by atoms with Gasteiger partial charge in [-0.1, -0.05) is 13.8 Å². The van der Waals surface area contributed by atoms with Gasteiger partial charge in [0.25, 0.3) is 5.69 Å². The van der Waals surface area contributed by atoms with Crippen molar-refractivity contribution in [3.63, 3.8) is 0 Å². The summed E-state index contributed by atoms with van der Waals surface area (Å²) in [6.45, 7) is 5.48. The van der Waals surface area contributed by atoms with Gasteiger partial charge in [-0.05, 0) is 25.0 Å². The number of hydrogen-bond acceptors (Lipinski definition) is 4. The van der Waals surface area contributed by atoms with Gasteiger partial charge in [-0.2, -0.15) is 0 Å². The molecule has 1 heterocycles. The minimum Gasteiger partial charge on any atom is -0.371 e. The molecule has 1 N–H and O–H groups in total. The van der Waals surface area contributed by atoms with Crippen LogP contribution in [0.1, 0.15) is 26.7 Å². The SMILES string of the molecule is CC(C)C(=O)NC1CCN(c2ccc([N+](=O)[O-])cc2)CC1. The molecule has 1 aliphatic heterocycles. The standard InChI is InChI=1S/C15H21N3O3/c1-11(2)15(19)16-12-7-9-17(10-8-12)13-3-5-14(6-4-13)18(20)21/h3-6,11-12H,7-10H2,1-2H3,(H,16,19). The van der Waals surface area contributed by atoms with Gasteiger partial charge in [0.05, 0.1) is 4.92 Å². The van der Waals surface area contributed by atoms with E-state index in [0.717, 1.165) is 31.6 Å². The number of nitrogens with zero attached hydrogens (tertiary/aromatic N) is 2. The van der Waals surface area contributed by atoms with Crippen LogP contribution in [-0.2, 0) is 4.79 Å². The van der Waals surface area contributed by atoms with E-state index >= 15 is 0 Å². The van der Waals surface area contributed by atoms with Crippen LogP contribution in [0.4, 0.5) is 11.4 Å². The van der Waals surface area contributed by atoms with Gasteiger partial charge in [-0.15, -0.1) is 0 Å². The van der Waals surface area contributed by atoms with E-state index in [1.54, 1.807) is 12.1 Å². The Morgan fingerprint density at radius 2 is 1.86 bits per heavy atom. The molecule has 0 aliphatic carbocycles. The van der Waals surface area contributed by atoms with E-state index in [9.17, 15) is 14.9 Å². The molecule has 1 aromatic rings. The van der Waals surface area contributed by atoms with Crippen LogP contribution in [0.5, 0.6) is 0 Å². The minimum absolute atomic E-state index is 0.0118. The van der Waals surface area contributed by atoms with Crippen molar-refractivity contribution in [2.45, 2.75) is 32.7 Å². The lowest BCUT2D eigenvalue weighted by molar-refractivity contribution is -0.384. The van der Waals surface area contributed by atoms with Crippen molar-refractivity contribution < 1.29 is 9.72 Å². The predicted octanol–water partition coefficient (Wildman–Crippen LogP) is 2.34. The highest BCUT2D eigenvalue weighted by atomic mass is 16.6. The van der Waals surface area contributed by atoms with Crippen LogP contribution in [0, 0.1) is 16.0 Å². The molecular formula is C15H21N3O3. The molecule has 6 nitrogen and oxygen atoms in total. The molecule has 0 bridgehead atoms. The van der Waals surface area contributed by atoms with E-state index in [0.29, 0.717) is 0 Å². The van der Waals surface area contributed by atoms with Crippen molar-refractivity contribution in [2.24, 2.45) is 5.92 Å². The number of piperidine rings is 1. The molecule has 6 heteroatoms.